The fourth-order valence-electron chi connectivity index (χ4n) is 5.07. The van der Waals surface area contributed by atoms with Crippen LogP contribution in [0.15, 0.2) is 54.6 Å². The molecule has 9 nitrogen and oxygen atoms in total. The van der Waals surface area contributed by atoms with Gasteiger partial charge in [-0.1, -0.05) is 83.9 Å². The second-order valence-corrected chi connectivity index (χ2v) is 12.1. The van der Waals surface area contributed by atoms with Gasteiger partial charge in [-0.2, -0.15) is 0 Å². The highest BCUT2D eigenvalue weighted by molar-refractivity contribution is 6.40. The molecule has 232 valence electrons. The van der Waals surface area contributed by atoms with Crippen LogP contribution in [0.2, 0.25) is 20.1 Å². The van der Waals surface area contributed by atoms with Crippen molar-refractivity contribution in [2.75, 3.05) is 17.7 Å². The van der Waals surface area contributed by atoms with Gasteiger partial charge in [0.15, 0.2) is 0 Å². The van der Waals surface area contributed by atoms with Crippen molar-refractivity contribution in [1.82, 2.24) is 10.2 Å². The largest absolute Gasteiger partial charge is 0.480 e. The molecule has 0 aliphatic heterocycles. The van der Waals surface area contributed by atoms with Gasteiger partial charge in [0, 0.05) is 30.2 Å². The summed E-state index contributed by atoms with van der Waals surface area (Å²) in [7, 11) is 1.71. The molecule has 13 heteroatoms. The van der Waals surface area contributed by atoms with Crippen LogP contribution in [0.5, 0.6) is 0 Å². The lowest BCUT2D eigenvalue weighted by molar-refractivity contribution is -0.139. The molecule has 1 saturated carbocycles. The van der Waals surface area contributed by atoms with Gasteiger partial charge in [0.1, 0.15) is 6.04 Å². The summed E-state index contributed by atoms with van der Waals surface area (Å²) in [6.07, 6.45) is 4.86. The zero-order chi connectivity index (χ0) is 32.0. The molecule has 1 fully saturated rings. The third-order valence-electron chi connectivity index (χ3n) is 7.41. The van der Waals surface area contributed by atoms with Crippen molar-refractivity contribution in [3.8, 4) is 0 Å². The van der Waals surface area contributed by atoms with Crippen LogP contribution in [0.3, 0.4) is 0 Å². The monoisotopic (exact) mass is 678 g/mol. The van der Waals surface area contributed by atoms with Crippen LogP contribution in [-0.4, -0.2) is 53.0 Å². The number of urea groups is 1. The summed E-state index contributed by atoms with van der Waals surface area (Å²) in [6.45, 7) is 0. The molecule has 4 N–H and O–H groups in total. The number of carbonyl (C=O) groups excluding carboxylic acids is 3. The van der Waals surface area contributed by atoms with Crippen molar-refractivity contribution in [3.05, 3.63) is 91.4 Å². The Labute approximate surface area is 274 Å². The molecule has 1 aliphatic rings. The van der Waals surface area contributed by atoms with Gasteiger partial charge in [0.25, 0.3) is 11.8 Å². The van der Waals surface area contributed by atoms with Gasteiger partial charge in [-0.05, 0) is 54.8 Å². The second-order valence-electron chi connectivity index (χ2n) is 10.5. The molecule has 4 amide bonds. The number of amides is 4. The molecule has 0 unspecified atom stereocenters. The lowest BCUT2D eigenvalue weighted by Crippen LogP contribution is -2.44. The van der Waals surface area contributed by atoms with Gasteiger partial charge in [0.2, 0.25) is 0 Å². The molecule has 0 heterocycles. The van der Waals surface area contributed by atoms with Crippen LogP contribution >= 0.6 is 46.4 Å². The second kappa shape index (κ2) is 15.0. The number of benzene rings is 3. The topological polar surface area (TPSA) is 128 Å². The van der Waals surface area contributed by atoms with Gasteiger partial charge < -0.3 is 26.0 Å². The van der Waals surface area contributed by atoms with Gasteiger partial charge in [-0.3, -0.25) is 9.59 Å². The summed E-state index contributed by atoms with van der Waals surface area (Å²) < 4.78 is 0. The van der Waals surface area contributed by atoms with Crippen molar-refractivity contribution < 1.29 is 24.3 Å². The first-order valence-corrected chi connectivity index (χ1v) is 15.4. The van der Waals surface area contributed by atoms with Crippen molar-refractivity contribution >= 4 is 81.6 Å². The van der Waals surface area contributed by atoms with Gasteiger partial charge in [-0.25, -0.2) is 9.59 Å². The fourth-order valence-corrected chi connectivity index (χ4v) is 6.18. The Hall–Kier alpha value is -3.50. The SMILES string of the molecule is CN(C(=O)c1cc(Cl)cc(Cl)c1NC(=O)N[C@@H](Cc1ccc(NC(=O)c2c(Cl)cccc2Cl)cc1)C(=O)O)C1CCCCC1. The molecule has 0 radical (unpaired) electrons. The number of anilines is 2. The third-order valence-corrected chi connectivity index (χ3v) is 8.56. The summed E-state index contributed by atoms with van der Waals surface area (Å²) >= 11 is 24.8. The highest BCUT2D eigenvalue weighted by Crippen LogP contribution is 2.33. The molecule has 4 rings (SSSR count). The molecule has 0 saturated heterocycles. The molecule has 1 aliphatic carbocycles. The maximum atomic E-state index is 13.4. The minimum Gasteiger partial charge on any atom is -0.480 e. The van der Waals surface area contributed by atoms with Crippen LogP contribution in [0.1, 0.15) is 58.4 Å². The Morgan fingerprint density at radius 2 is 1.52 bits per heavy atom. The highest BCUT2D eigenvalue weighted by Gasteiger charge is 2.28. The number of hydrogen-bond donors (Lipinski definition) is 4. The number of aliphatic carboxylic acids is 1. The Morgan fingerprint density at radius 1 is 0.886 bits per heavy atom. The number of hydrogen-bond acceptors (Lipinski definition) is 4. The first-order chi connectivity index (χ1) is 20.9. The average Bonchev–Trinajstić information content (AvgIpc) is 2.98. The zero-order valence-corrected chi connectivity index (χ0v) is 26.7. The minimum absolute atomic E-state index is 0.0316. The smallest absolute Gasteiger partial charge is 0.326 e. The summed E-state index contributed by atoms with van der Waals surface area (Å²) in [6, 6.07) is 11.8. The van der Waals surface area contributed by atoms with Crippen LogP contribution in [0, 0.1) is 0 Å². The molecule has 3 aromatic rings. The van der Waals surface area contributed by atoms with Crippen molar-refractivity contribution in [1.29, 1.82) is 0 Å². The summed E-state index contributed by atoms with van der Waals surface area (Å²) in [4.78, 5) is 52.8. The van der Waals surface area contributed by atoms with E-state index in [2.05, 4.69) is 16.0 Å². The van der Waals surface area contributed by atoms with Crippen molar-refractivity contribution in [2.45, 2.75) is 50.6 Å². The highest BCUT2D eigenvalue weighted by atomic mass is 35.5. The van der Waals surface area contributed by atoms with E-state index in [1.165, 1.54) is 12.1 Å². The lowest BCUT2D eigenvalue weighted by Gasteiger charge is -2.32. The molecule has 3 aromatic carbocycles. The standard InChI is InChI=1S/C31H30Cl4N4O5/c1-39(20-6-3-2-4-7-20)29(41)21-15-18(32)16-24(35)27(21)38-31(44)37-25(30(42)43)14-17-10-12-19(13-11-17)36-28(40)26-22(33)8-5-9-23(26)34/h5,8-13,15-16,20,25H,2-4,6-7,14H2,1H3,(H,36,40)(H,42,43)(H2,37,38,44)/t25-/m0/s1. The predicted molar refractivity (Wildman–Crippen MR) is 174 cm³/mol. The van der Waals surface area contributed by atoms with E-state index in [1.54, 1.807) is 54.4 Å². The maximum absolute atomic E-state index is 13.4. The Balaban J connectivity index is 1.43. The Bertz CT molecular complexity index is 1540. The first kappa shape index (κ1) is 33.4. The fraction of sp³-hybridized carbons (Fsp3) is 0.290. The summed E-state index contributed by atoms with van der Waals surface area (Å²) in [5.74, 6) is -2.13. The van der Waals surface area contributed by atoms with E-state index in [9.17, 15) is 24.3 Å². The average molecular weight is 680 g/mol. The lowest BCUT2D eigenvalue weighted by atomic mass is 9.94. The Morgan fingerprint density at radius 3 is 2.14 bits per heavy atom. The molecular formula is C31H30Cl4N4O5. The van der Waals surface area contributed by atoms with E-state index < -0.39 is 23.9 Å². The van der Waals surface area contributed by atoms with Gasteiger partial charge in [-0.15, -0.1) is 0 Å². The predicted octanol–water partition coefficient (Wildman–Crippen LogP) is 7.77. The molecule has 1 atom stereocenters. The minimum atomic E-state index is -1.33. The van der Waals surface area contributed by atoms with Crippen LogP contribution in [0.25, 0.3) is 0 Å². The van der Waals surface area contributed by atoms with E-state index >= 15 is 0 Å². The normalized spacial score (nSPS) is 13.9. The molecule has 0 bridgehead atoms. The van der Waals surface area contributed by atoms with Gasteiger partial charge in [0.05, 0.1) is 31.9 Å². The number of halogens is 4. The van der Waals surface area contributed by atoms with E-state index in [4.69, 9.17) is 46.4 Å². The number of rotatable bonds is 9. The van der Waals surface area contributed by atoms with Crippen molar-refractivity contribution in [2.24, 2.45) is 0 Å². The van der Waals surface area contributed by atoms with E-state index in [-0.39, 0.29) is 55.3 Å². The first-order valence-electron chi connectivity index (χ1n) is 13.9. The number of carboxylic acids is 1. The summed E-state index contributed by atoms with van der Waals surface area (Å²) in [5.41, 5.74) is 1.27. The van der Waals surface area contributed by atoms with E-state index in [0.717, 1.165) is 32.1 Å². The number of nitrogens with zero attached hydrogens (tertiary/aromatic N) is 1. The van der Waals surface area contributed by atoms with Crippen LogP contribution < -0.4 is 16.0 Å². The van der Waals surface area contributed by atoms with E-state index in [0.29, 0.717) is 11.3 Å². The van der Waals surface area contributed by atoms with E-state index in [1.807, 2.05) is 0 Å². The Kier molecular flexibility index (Phi) is 11.4. The number of carboxylic acid groups (broad SMARTS) is 1. The van der Waals surface area contributed by atoms with Crippen LogP contribution in [-0.2, 0) is 11.2 Å². The molecule has 0 aromatic heterocycles. The molecule has 44 heavy (non-hydrogen) atoms. The molecule has 0 spiro atoms. The third kappa shape index (κ3) is 8.35. The van der Waals surface area contributed by atoms with Crippen LogP contribution in [0.4, 0.5) is 16.2 Å². The van der Waals surface area contributed by atoms with Crippen molar-refractivity contribution in [3.63, 3.8) is 0 Å². The number of carbonyl (C=O) groups is 4. The van der Waals surface area contributed by atoms with Gasteiger partial charge >= 0.3 is 12.0 Å². The quantitative estimate of drug-likeness (QED) is 0.184. The number of nitrogens with one attached hydrogen (secondary N) is 3. The zero-order valence-electron chi connectivity index (χ0n) is 23.6. The summed E-state index contributed by atoms with van der Waals surface area (Å²) in [5, 5.41) is 18.2. The maximum Gasteiger partial charge on any atom is 0.326 e. The molecular weight excluding hydrogens is 650 g/mol.